The van der Waals surface area contributed by atoms with E-state index in [1.165, 1.54) is 16.3 Å². The molecule has 0 bridgehead atoms. The third kappa shape index (κ3) is 6.84. The number of nitrogens with zero attached hydrogens (tertiary/aromatic N) is 5. The number of hydrogen-bond donors (Lipinski definition) is 0. The molecule has 0 fully saturated rings. The highest BCUT2D eigenvalue weighted by Gasteiger charge is 2.27. The van der Waals surface area contributed by atoms with Crippen molar-refractivity contribution in [1.82, 2.24) is 0 Å². The average Bonchev–Trinajstić information content (AvgIpc) is 3.27. The van der Waals surface area contributed by atoms with Crippen LogP contribution in [0.4, 0.5) is 17.1 Å². The van der Waals surface area contributed by atoms with Gasteiger partial charge in [-0.1, -0.05) is 42.1 Å². The topological polar surface area (TPSA) is 40.4 Å². The number of anilines is 2. The zero-order valence-electron chi connectivity index (χ0n) is 22.6. The first-order valence-electron chi connectivity index (χ1n) is 13.3. The first-order valence-corrected chi connectivity index (χ1v) is 14.2. The van der Waals surface area contributed by atoms with Gasteiger partial charge in [0.2, 0.25) is 0 Å². The molecule has 196 valence electrons. The van der Waals surface area contributed by atoms with Gasteiger partial charge in [0, 0.05) is 24.2 Å². The molecular formula is C30H40N5OS+. The lowest BCUT2D eigenvalue weighted by Gasteiger charge is -2.38. The van der Waals surface area contributed by atoms with E-state index in [4.69, 9.17) is 4.74 Å². The largest absolute Gasteiger partial charge is 0.488 e. The molecule has 3 aromatic rings. The monoisotopic (exact) mass is 518 g/mol. The third-order valence-corrected chi connectivity index (χ3v) is 8.66. The highest BCUT2D eigenvalue weighted by Crippen LogP contribution is 2.43. The average molecular weight is 519 g/mol. The molecular weight excluding hydrogens is 478 g/mol. The van der Waals surface area contributed by atoms with Gasteiger partial charge < -0.3 is 19.0 Å². The molecule has 0 amide bonds. The Morgan fingerprint density at radius 1 is 0.892 bits per heavy atom. The van der Waals surface area contributed by atoms with Crippen LogP contribution in [0, 0.1) is 0 Å². The molecule has 0 aromatic heterocycles. The van der Waals surface area contributed by atoms with E-state index >= 15 is 0 Å². The van der Waals surface area contributed by atoms with Gasteiger partial charge in [-0.2, -0.15) is 10.2 Å². The molecule has 1 aliphatic heterocycles. The summed E-state index contributed by atoms with van der Waals surface area (Å²) in [5, 5.41) is 9.16. The summed E-state index contributed by atoms with van der Waals surface area (Å²) in [5.41, 5.74) is 3.30. The predicted molar refractivity (Wildman–Crippen MR) is 156 cm³/mol. The summed E-state index contributed by atoms with van der Waals surface area (Å²) in [6.45, 7) is 13.8. The minimum absolute atomic E-state index is 0.0240. The number of azo groups is 1. The van der Waals surface area contributed by atoms with Gasteiger partial charge >= 0.3 is 0 Å². The van der Waals surface area contributed by atoms with Crippen molar-refractivity contribution in [3.05, 3.63) is 78.9 Å². The van der Waals surface area contributed by atoms with Crippen molar-refractivity contribution in [2.75, 3.05) is 62.7 Å². The Labute approximate surface area is 226 Å². The zero-order valence-corrected chi connectivity index (χ0v) is 23.4. The van der Waals surface area contributed by atoms with Crippen molar-refractivity contribution < 1.29 is 9.22 Å². The van der Waals surface area contributed by atoms with Crippen LogP contribution in [0.3, 0.4) is 0 Å². The van der Waals surface area contributed by atoms with Crippen molar-refractivity contribution in [3.63, 3.8) is 0 Å². The molecule has 1 atom stereocenters. The maximum Gasteiger partial charge on any atom is 0.194 e. The number of para-hydroxylation sites is 2. The molecule has 37 heavy (non-hydrogen) atoms. The van der Waals surface area contributed by atoms with Crippen molar-refractivity contribution in [2.45, 2.75) is 31.2 Å². The highest BCUT2D eigenvalue weighted by atomic mass is 32.2. The van der Waals surface area contributed by atoms with Crippen LogP contribution < -0.4 is 14.5 Å². The second-order valence-corrected chi connectivity index (χ2v) is 10.5. The summed E-state index contributed by atoms with van der Waals surface area (Å²) in [6, 6.07) is 27.0. The number of likely N-dealkylation sites (N-methyl/N-ethyl adjacent to an activating group) is 2. The number of fused-ring (bicyclic) bond motifs is 1. The number of rotatable bonds is 13. The smallest absolute Gasteiger partial charge is 0.194 e. The third-order valence-electron chi connectivity index (χ3n) is 7.44. The fraction of sp³-hybridized carbons (Fsp3) is 0.400. The van der Waals surface area contributed by atoms with Gasteiger partial charge in [0.05, 0.1) is 37.6 Å². The van der Waals surface area contributed by atoms with Crippen LogP contribution in [-0.2, 0) is 0 Å². The normalized spacial score (nSPS) is 15.2. The fourth-order valence-electron chi connectivity index (χ4n) is 4.75. The van der Waals surface area contributed by atoms with E-state index in [1.54, 1.807) is 11.8 Å². The van der Waals surface area contributed by atoms with Gasteiger partial charge in [-0.05, 0) is 69.3 Å². The Morgan fingerprint density at radius 2 is 1.59 bits per heavy atom. The van der Waals surface area contributed by atoms with Crippen molar-refractivity contribution in [1.29, 1.82) is 0 Å². The number of hydrogen-bond acceptors (Lipinski definition) is 6. The van der Waals surface area contributed by atoms with Gasteiger partial charge in [0.1, 0.15) is 18.9 Å². The minimum atomic E-state index is -0.0240. The lowest BCUT2D eigenvalue weighted by Crippen LogP contribution is -2.53. The summed E-state index contributed by atoms with van der Waals surface area (Å²) in [5.74, 6) is 0.947. The van der Waals surface area contributed by atoms with Gasteiger partial charge in [-0.3, -0.25) is 0 Å². The van der Waals surface area contributed by atoms with Gasteiger partial charge in [-0.15, -0.1) is 0 Å². The Kier molecular flexibility index (Phi) is 9.47. The first-order chi connectivity index (χ1) is 18.1. The Bertz CT molecular complexity index is 1130. The summed E-state index contributed by atoms with van der Waals surface area (Å²) in [7, 11) is 2.07. The Balaban J connectivity index is 1.32. The molecule has 1 unspecified atom stereocenters. The van der Waals surface area contributed by atoms with Crippen LogP contribution in [-0.4, -0.2) is 62.9 Å². The fourth-order valence-corrected chi connectivity index (χ4v) is 5.83. The number of benzene rings is 3. The molecule has 0 radical (unpaired) electrons. The van der Waals surface area contributed by atoms with Crippen LogP contribution >= 0.6 is 11.8 Å². The molecule has 0 spiro atoms. The van der Waals surface area contributed by atoms with Crippen molar-refractivity contribution >= 4 is 28.8 Å². The molecule has 3 aromatic carbocycles. The summed E-state index contributed by atoms with van der Waals surface area (Å²) >= 11 is 1.74. The molecule has 0 N–H and O–H groups in total. The first kappa shape index (κ1) is 27.0. The second kappa shape index (κ2) is 13.0. The summed E-state index contributed by atoms with van der Waals surface area (Å²) in [4.78, 5) is 5.88. The van der Waals surface area contributed by atoms with E-state index in [0.717, 1.165) is 61.8 Å². The van der Waals surface area contributed by atoms with Crippen LogP contribution in [0.2, 0.25) is 0 Å². The maximum absolute atomic E-state index is 6.03. The molecule has 0 saturated carbocycles. The zero-order chi connectivity index (χ0) is 26.1. The van der Waals surface area contributed by atoms with E-state index in [1.807, 2.05) is 30.3 Å². The molecule has 6 nitrogen and oxygen atoms in total. The van der Waals surface area contributed by atoms with Crippen molar-refractivity contribution in [3.8, 4) is 5.75 Å². The van der Waals surface area contributed by atoms with Crippen LogP contribution in [0.15, 0.2) is 94.0 Å². The highest BCUT2D eigenvalue weighted by molar-refractivity contribution is 8.00. The Morgan fingerprint density at radius 3 is 2.27 bits per heavy atom. The number of ether oxygens (including phenoxy) is 1. The van der Waals surface area contributed by atoms with E-state index in [0.29, 0.717) is 0 Å². The van der Waals surface area contributed by atoms with Gasteiger partial charge in [-0.25, -0.2) is 0 Å². The molecule has 4 rings (SSSR count). The van der Waals surface area contributed by atoms with Crippen LogP contribution in [0.25, 0.3) is 0 Å². The number of thioether (sulfide) groups is 1. The van der Waals surface area contributed by atoms with Crippen LogP contribution in [0.5, 0.6) is 5.75 Å². The minimum Gasteiger partial charge on any atom is -0.488 e. The second-order valence-electron chi connectivity index (χ2n) is 9.42. The Hall–Kier alpha value is -3.03. The standard InChI is InChI=1S/C30H40N5OS/c1-5-34(21-22-35(6-2,7-3)23-24-36-27-13-9-8-10-14-27)26-19-17-25(18-20-26)31-32-30-33(4)28-15-11-12-16-29(28)37-30/h8-20,30H,5-7,21-24H2,1-4H3/q+1. The van der Waals surface area contributed by atoms with Gasteiger partial charge in [0.15, 0.2) is 5.50 Å². The van der Waals surface area contributed by atoms with E-state index in [-0.39, 0.29) is 5.50 Å². The van der Waals surface area contributed by atoms with Crippen molar-refractivity contribution in [2.24, 2.45) is 10.2 Å². The molecule has 0 saturated heterocycles. The van der Waals surface area contributed by atoms with Crippen LogP contribution in [0.1, 0.15) is 20.8 Å². The predicted octanol–water partition coefficient (Wildman–Crippen LogP) is 7.06. The number of quaternary nitrogens is 1. The summed E-state index contributed by atoms with van der Waals surface area (Å²) < 4.78 is 7.07. The van der Waals surface area contributed by atoms with E-state index in [2.05, 4.69) is 96.4 Å². The van der Waals surface area contributed by atoms with E-state index in [9.17, 15) is 0 Å². The quantitative estimate of drug-likeness (QED) is 0.179. The lowest BCUT2D eigenvalue weighted by atomic mass is 10.2. The molecule has 0 aliphatic carbocycles. The lowest BCUT2D eigenvalue weighted by molar-refractivity contribution is -0.923. The SMILES string of the molecule is CCN(CC[N+](CC)(CC)CCOc1ccccc1)c1ccc(N=NC2Sc3ccccc3N2C)cc1. The molecule has 1 aliphatic rings. The maximum atomic E-state index is 6.03. The molecule has 7 heteroatoms. The van der Waals surface area contributed by atoms with Gasteiger partial charge in [0.25, 0.3) is 0 Å². The molecule has 1 heterocycles. The van der Waals surface area contributed by atoms with E-state index < -0.39 is 0 Å². The summed E-state index contributed by atoms with van der Waals surface area (Å²) in [6.07, 6.45) is 0.